The number of aromatic carboxylic acids is 1. The number of carbonyl (C=O) groups is 1. The molecule has 2 aromatic carbocycles. The Morgan fingerprint density at radius 3 is 2.91 bits per heavy atom. The molecule has 0 spiro atoms. The standard InChI is InChI=1S/C16H11N3O3/c20-15(21)11-6-3-5-10(8-11)14-17-16-19(18-14)13-7-2-1-4-12(13)9-22-16/h1-8H,9H2,(H,20,21). The van der Waals surface area contributed by atoms with Crippen molar-refractivity contribution in [1.82, 2.24) is 14.8 Å². The molecule has 0 saturated carbocycles. The topological polar surface area (TPSA) is 77.2 Å². The fraction of sp³-hybridized carbons (Fsp3) is 0.0625. The summed E-state index contributed by atoms with van der Waals surface area (Å²) in [6.45, 7) is 0.448. The number of rotatable bonds is 2. The lowest BCUT2D eigenvalue weighted by atomic mass is 10.1. The fourth-order valence-electron chi connectivity index (χ4n) is 2.44. The predicted octanol–water partition coefficient (Wildman–Crippen LogP) is 2.52. The van der Waals surface area contributed by atoms with Crippen LogP contribution in [0, 0.1) is 0 Å². The molecular formula is C16H11N3O3. The molecule has 6 nitrogen and oxygen atoms in total. The third-order valence-electron chi connectivity index (χ3n) is 3.52. The lowest BCUT2D eigenvalue weighted by Crippen LogP contribution is -2.12. The monoisotopic (exact) mass is 293 g/mol. The van der Waals surface area contributed by atoms with Crippen LogP contribution in [0.1, 0.15) is 15.9 Å². The van der Waals surface area contributed by atoms with E-state index in [1.165, 1.54) is 6.07 Å². The molecule has 0 amide bonds. The molecule has 22 heavy (non-hydrogen) atoms. The van der Waals surface area contributed by atoms with Crippen LogP contribution in [0.2, 0.25) is 0 Å². The van der Waals surface area contributed by atoms with Crippen molar-refractivity contribution in [3.8, 4) is 23.1 Å². The Hall–Kier alpha value is -3.15. The second-order valence-electron chi connectivity index (χ2n) is 4.93. The van der Waals surface area contributed by atoms with Crippen LogP contribution in [0.5, 0.6) is 6.01 Å². The van der Waals surface area contributed by atoms with Gasteiger partial charge in [-0.3, -0.25) is 0 Å². The van der Waals surface area contributed by atoms with Gasteiger partial charge in [0.1, 0.15) is 6.61 Å². The van der Waals surface area contributed by atoms with Gasteiger partial charge in [0.05, 0.1) is 11.3 Å². The highest BCUT2D eigenvalue weighted by molar-refractivity contribution is 5.89. The van der Waals surface area contributed by atoms with Gasteiger partial charge in [0, 0.05) is 11.1 Å². The van der Waals surface area contributed by atoms with E-state index in [2.05, 4.69) is 10.1 Å². The summed E-state index contributed by atoms with van der Waals surface area (Å²) in [7, 11) is 0. The largest absolute Gasteiger partial charge is 0.478 e. The van der Waals surface area contributed by atoms with E-state index in [0.29, 0.717) is 24.0 Å². The van der Waals surface area contributed by atoms with Gasteiger partial charge in [-0.25, -0.2) is 4.79 Å². The highest BCUT2D eigenvalue weighted by Gasteiger charge is 2.21. The van der Waals surface area contributed by atoms with E-state index in [1.807, 2.05) is 24.3 Å². The maximum Gasteiger partial charge on any atom is 0.335 e. The molecule has 0 atom stereocenters. The normalized spacial score (nSPS) is 12.2. The molecule has 6 heteroatoms. The average Bonchev–Trinajstić information content (AvgIpc) is 2.99. The summed E-state index contributed by atoms with van der Waals surface area (Å²) in [5.74, 6) is -0.540. The van der Waals surface area contributed by atoms with E-state index in [0.717, 1.165) is 11.3 Å². The molecule has 2 heterocycles. The summed E-state index contributed by atoms with van der Waals surface area (Å²) >= 11 is 0. The van der Waals surface area contributed by atoms with Gasteiger partial charge < -0.3 is 9.84 Å². The fourth-order valence-corrected chi connectivity index (χ4v) is 2.44. The van der Waals surface area contributed by atoms with Gasteiger partial charge in [-0.05, 0) is 18.2 Å². The van der Waals surface area contributed by atoms with Gasteiger partial charge in [0.15, 0.2) is 5.82 Å². The van der Waals surface area contributed by atoms with Crippen molar-refractivity contribution in [3.05, 3.63) is 59.7 Å². The molecule has 1 aliphatic heterocycles. The van der Waals surface area contributed by atoms with Crippen LogP contribution in [-0.4, -0.2) is 25.8 Å². The van der Waals surface area contributed by atoms with Crippen molar-refractivity contribution < 1.29 is 14.6 Å². The molecule has 3 aromatic rings. The summed E-state index contributed by atoms with van der Waals surface area (Å²) in [4.78, 5) is 15.4. The maximum atomic E-state index is 11.1. The number of benzene rings is 2. The van der Waals surface area contributed by atoms with Crippen molar-refractivity contribution in [1.29, 1.82) is 0 Å². The van der Waals surface area contributed by atoms with E-state index >= 15 is 0 Å². The van der Waals surface area contributed by atoms with Gasteiger partial charge in [-0.1, -0.05) is 30.3 Å². The predicted molar refractivity (Wildman–Crippen MR) is 78.1 cm³/mol. The van der Waals surface area contributed by atoms with E-state index in [9.17, 15) is 4.79 Å². The zero-order valence-corrected chi connectivity index (χ0v) is 11.4. The van der Waals surface area contributed by atoms with Crippen LogP contribution in [0.15, 0.2) is 48.5 Å². The SMILES string of the molecule is O=C(O)c1cccc(-c2nc3n(n2)-c2ccccc2CO3)c1. The Balaban J connectivity index is 1.82. The summed E-state index contributed by atoms with van der Waals surface area (Å²) in [6.07, 6.45) is 0. The molecule has 0 saturated heterocycles. The van der Waals surface area contributed by atoms with Gasteiger partial charge >= 0.3 is 12.0 Å². The third-order valence-corrected chi connectivity index (χ3v) is 3.52. The summed E-state index contributed by atoms with van der Waals surface area (Å²) in [6, 6.07) is 14.8. The number of hydrogen-bond acceptors (Lipinski definition) is 4. The van der Waals surface area contributed by atoms with Gasteiger partial charge in [-0.15, -0.1) is 5.10 Å². The van der Waals surface area contributed by atoms with Crippen molar-refractivity contribution in [2.24, 2.45) is 0 Å². The first kappa shape index (κ1) is 12.6. The van der Waals surface area contributed by atoms with Crippen molar-refractivity contribution in [2.45, 2.75) is 6.61 Å². The summed E-state index contributed by atoms with van der Waals surface area (Å²) in [5, 5.41) is 13.5. The van der Waals surface area contributed by atoms with Crippen LogP contribution in [-0.2, 0) is 6.61 Å². The number of aromatic nitrogens is 3. The molecule has 0 unspecified atom stereocenters. The number of fused-ring (bicyclic) bond motifs is 3. The molecule has 4 rings (SSSR count). The highest BCUT2D eigenvalue weighted by Crippen LogP contribution is 2.28. The van der Waals surface area contributed by atoms with E-state index in [4.69, 9.17) is 9.84 Å². The Kier molecular flexibility index (Phi) is 2.69. The molecule has 0 radical (unpaired) electrons. The summed E-state index contributed by atoms with van der Waals surface area (Å²) < 4.78 is 7.24. The van der Waals surface area contributed by atoms with Crippen molar-refractivity contribution in [3.63, 3.8) is 0 Å². The molecule has 0 aliphatic carbocycles. The first-order chi connectivity index (χ1) is 10.7. The maximum absolute atomic E-state index is 11.1. The number of carboxylic acid groups (broad SMARTS) is 1. The molecule has 108 valence electrons. The quantitative estimate of drug-likeness (QED) is 0.785. The summed E-state index contributed by atoms with van der Waals surface area (Å²) in [5.41, 5.74) is 2.80. The molecule has 0 fully saturated rings. The van der Waals surface area contributed by atoms with Gasteiger partial charge in [-0.2, -0.15) is 9.67 Å². The molecule has 1 aliphatic rings. The first-order valence-corrected chi connectivity index (χ1v) is 6.74. The lowest BCUT2D eigenvalue weighted by Gasteiger charge is -2.16. The average molecular weight is 293 g/mol. The van der Waals surface area contributed by atoms with Crippen LogP contribution in [0.25, 0.3) is 17.1 Å². The Labute approximate surface area is 125 Å². The second kappa shape index (κ2) is 4.70. The van der Waals surface area contributed by atoms with Crippen LogP contribution in [0.3, 0.4) is 0 Å². The highest BCUT2D eigenvalue weighted by atomic mass is 16.5. The molecule has 1 N–H and O–H groups in total. The molecular weight excluding hydrogens is 282 g/mol. The van der Waals surface area contributed by atoms with Gasteiger partial charge in [0.2, 0.25) is 0 Å². The Bertz CT molecular complexity index is 886. The zero-order valence-electron chi connectivity index (χ0n) is 11.4. The van der Waals surface area contributed by atoms with Crippen LogP contribution >= 0.6 is 0 Å². The van der Waals surface area contributed by atoms with Gasteiger partial charge in [0.25, 0.3) is 0 Å². The van der Waals surface area contributed by atoms with E-state index in [1.54, 1.807) is 22.9 Å². The smallest absolute Gasteiger partial charge is 0.335 e. The lowest BCUT2D eigenvalue weighted by molar-refractivity contribution is 0.0697. The van der Waals surface area contributed by atoms with Crippen molar-refractivity contribution in [2.75, 3.05) is 0 Å². The number of nitrogens with zero attached hydrogens (tertiary/aromatic N) is 3. The molecule has 0 bridgehead atoms. The minimum absolute atomic E-state index is 0.201. The Morgan fingerprint density at radius 2 is 2.05 bits per heavy atom. The zero-order chi connectivity index (χ0) is 15.1. The number of para-hydroxylation sites is 1. The third kappa shape index (κ3) is 1.93. The Morgan fingerprint density at radius 1 is 1.18 bits per heavy atom. The minimum atomic E-state index is -0.979. The molecule has 1 aromatic heterocycles. The number of carboxylic acids is 1. The van der Waals surface area contributed by atoms with E-state index in [-0.39, 0.29) is 5.56 Å². The van der Waals surface area contributed by atoms with Crippen LogP contribution in [0.4, 0.5) is 0 Å². The second-order valence-corrected chi connectivity index (χ2v) is 4.93. The number of hydrogen-bond donors (Lipinski definition) is 1. The number of ether oxygens (including phenoxy) is 1. The van der Waals surface area contributed by atoms with E-state index < -0.39 is 5.97 Å². The minimum Gasteiger partial charge on any atom is -0.478 e. The van der Waals surface area contributed by atoms with Crippen molar-refractivity contribution >= 4 is 5.97 Å². The van der Waals surface area contributed by atoms with Crippen LogP contribution < -0.4 is 4.74 Å². The first-order valence-electron chi connectivity index (χ1n) is 6.74.